The van der Waals surface area contributed by atoms with Gasteiger partial charge in [-0.1, -0.05) is 150 Å². The van der Waals surface area contributed by atoms with Crippen molar-refractivity contribution in [3.63, 3.8) is 0 Å². The van der Waals surface area contributed by atoms with Crippen LogP contribution < -0.4 is 5.11 Å². The molecule has 0 N–H and O–H groups in total. The molecule has 328 valence electrons. The number of quaternary nitrogens is 1. The minimum Gasteiger partial charge on any atom is -0.544 e. The molecule has 2 atom stereocenters. The molecule has 0 fully saturated rings. The summed E-state index contributed by atoms with van der Waals surface area (Å²) in [4.78, 5) is 36.9. The second-order valence-electron chi connectivity index (χ2n) is 15.6. The number of likely N-dealkylation sites (N-methyl/N-ethyl adjacent to an activating group) is 1. The van der Waals surface area contributed by atoms with Crippen LogP contribution in [0.25, 0.3) is 0 Å². The molecule has 0 amide bonds. The fraction of sp³-hybridized carbons (Fsp3) is 0.620. The van der Waals surface area contributed by atoms with Crippen LogP contribution in [-0.4, -0.2) is 75.5 Å². The fourth-order valence-corrected chi connectivity index (χ4v) is 5.84. The third kappa shape index (κ3) is 37.8. The van der Waals surface area contributed by atoms with Gasteiger partial charge in [-0.25, -0.2) is 0 Å². The molecule has 8 heteroatoms. The molecule has 0 aromatic rings. The summed E-state index contributed by atoms with van der Waals surface area (Å²) in [6.07, 6.45) is 52.8. The van der Waals surface area contributed by atoms with Gasteiger partial charge < -0.3 is 28.6 Å². The number of unbranched alkanes of at least 4 members (excludes halogenated alkanes) is 11. The normalized spacial score (nSPS) is 13.9. The number of aliphatic carboxylic acids is 1. The Labute approximate surface area is 354 Å². The van der Waals surface area contributed by atoms with Crippen LogP contribution >= 0.6 is 0 Å². The van der Waals surface area contributed by atoms with E-state index in [0.29, 0.717) is 12.8 Å². The van der Waals surface area contributed by atoms with Gasteiger partial charge in [-0.05, 0) is 77.0 Å². The van der Waals surface area contributed by atoms with Crippen LogP contribution in [0.15, 0.2) is 97.2 Å². The zero-order valence-electron chi connectivity index (χ0n) is 37.2. The van der Waals surface area contributed by atoms with E-state index in [1.165, 1.54) is 19.3 Å². The Morgan fingerprint density at radius 3 is 1.60 bits per heavy atom. The predicted molar refractivity (Wildman–Crippen MR) is 240 cm³/mol. The van der Waals surface area contributed by atoms with Crippen LogP contribution in [-0.2, 0) is 28.6 Å². The number of ether oxygens (including phenoxy) is 3. The maximum absolute atomic E-state index is 12.7. The molecule has 0 saturated carbocycles. The van der Waals surface area contributed by atoms with Gasteiger partial charge in [0, 0.05) is 19.3 Å². The summed E-state index contributed by atoms with van der Waals surface area (Å²) in [6.45, 7) is 4.42. The minimum absolute atomic E-state index is 0.0131. The SMILES string of the molecule is CC/C=C/C/C=C/C/C=C/C/C=C/CCCCCC(=O)OC(COCCC(C(=O)[O-])[N+](C)(C)C)COC(=O)CCCCCCC/C=C/C=C/C=C/C=C/CCCCC. The topological polar surface area (TPSA) is 102 Å². The van der Waals surface area contributed by atoms with Crippen molar-refractivity contribution in [3.05, 3.63) is 97.2 Å². The van der Waals surface area contributed by atoms with Crippen LogP contribution in [0.1, 0.15) is 149 Å². The van der Waals surface area contributed by atoms with Crippen LogP contribution in [0, 0.1) is 0 Å². The van der Waals surface area contributed by atoms with Crippen molar-refractivity contribution in [1.82, 2.24) is 0 Å². The first-order valence-electron chi connectivity index (χ1n) is 22.3. The Morgan fingerprint density at radius 2 is 1.03 bits per heavy atom. The Morgan fingerprint density at radius 1 is 0.552 bits per heavy atom. The summed E-state index contributed by atoms with van der Waals surface area (Å²) in [7, 11) is 5.37. The van der Waals surface area contributed by atoms with Crippen molar-refractivity contribution in [2.45, 2.75) is 161 Å². The van der Waals surface area contributed by atoms with Gasteiger partial charge in [0.15, 0.2) is 6.10 Å². The highest BCUT2D eigenvalue weighted by Crippen LogP contribution is 2.12. The molecular weight excluding hydrogens is 727 g/mol. The summed E-state index contributed by atoms with van der Waals surface area (Å²) in [5.41, 5.74) is 0. The van der Waals surface area contributed by atoms with Gasteiger partial charge >= 0.3 is 11.9 Å². The van der Waals surface area contributed by atoms with E-state index in [9.17, 15) is 19.5 Å². The fourth-order valence-electron chi connectivity index (χ4n) is 5.84. The van der Waals surface area contributed by atoms with Crippen LogP contribution in [0.2, 0.25) is 0 Å². The van der Waals surface area contributed by atoms with E-state index in [1.807, 2.05) is 6.08 Å². The van der Waals surface area contributed by atoms with E-state index in [0.717, 1.165) is 89.9 Å². The van der Waals surface area contributed by atoms with E-state index >= 15 is 0 Å². The third-order valence-corrected chi connectivity index (χ3v) is 9.30. The number of hydrogen-bond acceptors (Lipinski definition) is 7. The molecule has 0 aliphatic heterocycles. The number of hydrogen-bond donors (Lipinski definition) is 0. The van der Waals surface area contributed by atoms with Crippen LogP contribution in [0.4, 0.5) is 0 Å². The van der Waals surface area contributed by atoms with Gasteiger partial charge in [-0.2, -0.15) is 0 Å². The van der Waals surface area contributed by atoms with Crippen molar-refractivity contribution in [3.8, 4) is 0 Å². The summed E-state index contributed by atoms with van der Waals surface area (Å²) in [5.74, 6) is -1.82. The molecule has 58 heavy (non-hydrogen) atoms. The molecule has 0 aliphatic rings. The second kappa shape index (κ2) is 40.0. The first-order chi connectivity index (χ1) is 28.1. The number of carboxylic acids is 1. The Bertz CT molecular complexity index is 1260. The first-order valence-corrected chi connectivity index (χ1v) is 22.3. The smallest absolute Gasteiger partial charge is 0.306 e. The molecule has 0 saturated heterocycles. The first kappa shape index (κ1) is 54.2. The number of allylic oxidation sites excluding steroid dienone is 16. The standard InChI is InChI=1S/C50H81NO7/c1-6-8-10-12-14-16-18-20-22-24-25-27-28-30-32-34-36-38-40-48(52)57-45-46(44-56-43-42-47(50(54)55)51(3,4)5)58-49(53)41-39-37-35-33-31-29-26-23-21-19-17-15-13-11-9-7-2/h9,11,14-18,20-25,27,29,31,46-47H,6-8,10,12-13,19,26,28,30,32-45H2,1-5H3/b11-9+,16-14+,17-15+,20-18+,23-21+,24-22+,27-25+,31-29+. The lowest BCUT2D eigenvalue weighted by molar-refractivity contribution is -0.889. The number of esters is 2. The number of carboxylic acid groups (broad SMARTS) is 1. The third-order valence-electron chi connectivity index (χ3n) is 9.30. The molecule has 0 radical (unpaired) electrons. The molecule has 0 rings (SSSR count). The van der Waals surface area contributed by atoms with E-state index < -0.39 is 18.1 Å². The second-order valence-corrected chi connectivity index (χ2v) is 15.6. The monoisotopic (exact) mass is 808 g/mol. The van der Waals surface area contributed by atoms with Crippen molar-refractivity contribution in [1.29, 1.82) is 0 Å². The minimum atomic E-state index is -1.14. The van der Waals surface area contributed by atoms with Crippen molar-refractivity contribution < 1.29 is 38.2 Å². The molecular formula is C50H81NO7. The van der Waals surface area contributed by atoms with E-state index in [2.05, 4.69) is 105 Å². The van der Waals surface area contributed by atoms with Gasteiger partial charge in [0.25, 0.3) is 0 Å². The van der Waals surface area contributed by atoms with Gasteiger partial charge in [-0.15, -0.1) is 0 Å². The Kier molecular flexibility index (Phi) is 37.5. The highest BCUT2D eigenvalue weighted by atomic mass is 16.6. The van der Waals surface area contributed by atoms with E-state index in [-0.39, 0.29) is 49.1 Å². The lowest BCUT2D eigenvalue weighted by Crippen LogP contribution is -2.55. The zero-order valence-corrected chi connectivity index (χ0v) is 37.2. The van der Waals surface area contributed by atoms with Gasteiger partial charge in [-0.3, -0.25) is 9.59 Å². The summed E-state index contributed by atoms with van der Waals surface area (Å²) >= 11 is 0. The number of carbonyl (C=O) groups excluding carboxylic acids is 3. The van der Waals surface area contributed by atoms with Gasteiger partial charge in [0.1, 0.15) is 12.6 Å². The van der Waals surface area contributed by atoms with Gasteiger partial charge in [0.2, 0.25) is 0 Å². The molecule has 0 aliphatic carbocycles. The average Bonchev–Trinajstić information content (AvgIpc) is 3.18. The van der Waals surface area contributed by atoms with Crippen LogP contribution in [0.3, 0.4) is 0 Å². The summed E-state index contributed by atoms with van der Waals surface area (Å²) in [5, 5.41) is 11.6. The molecule has 0 aromatic heterocycles. The molecule has 0 aromatic carbocycles. The molecule has 0 heterocycles. The summed E-state index contributed by atoms with van der Waals surface area (Å²) in [6, 6.07) is -0.741. The molecule has 0 spiro atoms. The molecule has 8 nitrogen and oxygen atoms in total. The van der Waals surface area contributed by atoms with E-state index in [1.54, 1.807) is 21.1 Å². The maximum atomic E-state index is 12.7. The number of nitrogens with zero attached hydrogens (tertiary/aromatic N) is 1. The number of carbonyl (C=O) groups is 3. The number of rotatable bonds is 38. The average molecular weight is 808 g/mol. The van der Waals surface area contributed by atoms with Gasteiger partial charge in [0.05, 0.1) is 40.3 Å². The summed E-state index contributed by atoms with van der Waals surface area (Å²) < 4.78 is 17.1. The maximum Gasteiger partial charge on any atom is 0.306 e. The molecule has 0 bridgehead atoms. The zero-order chi connectivity index (χ0) is 42.8. The van der Waals surface area contributed by atoms with E-state index in [4.69, 9.17) is 14.2 Å². The highest BCUT2D eigenvalue weighted by Gasteiger charge is 2.25. The van der Waals surface area contributed by atoms with Crippen molar-refractivity contribution in [2.24, 2.45) is 0 Å². The predicted octanol–water partition coefficient (Wildman–Crippen LogP) is 11.0. The molecule has 2 unspecified atom stereocenters. The Balaban J connectivity index is 4.47. The lowest BCUT2D eigenvalue weighted by atomic mass is 10.1. The lowest BCUT2D eigenvalue weighted by Gasteiger charge is -2.34. The largest absolute Gasteiger partial charge is 0.544 e. The quantitative estimate of drug-likeness (QED) is 0.0201. The van der Waals surface area contributed by atoms with Crippen molar-refractivity contribution in [2.75, 3.05) is 41.0 Å². The van der Waals surface area contributed by atoms with Crippen LogP contribution in [0.5, 0.6) is 0 Å². The highest BCUT2D eigenvalue weighted by molar-refractivity contribution is 5.70. The van der Waals surface area contributed by atoms with Crippen molar-refractivity contribution >= 4 is 17.9 Å². The Hall–Kier alpha value is -3.75.